The zero-order valence-corrected chi connectivity index (χ0v) is 25.6. The predicted molar refractivity (Wildman–Crippen MR) is 155 cm³/mol. The molecular formula is C32H42N2O10. The molecule has 240 valence electrons. The Morgan fingerprint density at radius 2 is 2.00 bits per heavy atom. The number of aliphatic hydroxyl groups excluding tert-OH is 1. The predicted octanol–water partition coefficient (Wildman–Crippen LogP) is 1.86. The van der Waals surface area contributed by atoms with Crippen molar-refractivity contribution in [2.75, 3.05) is 13.7 Å². The first-order valence-electron chi connectivity index (χ1n) is 15.1. The van der Waals surface area contributed by atoms with Crippen LogP contribution in [0, 0.1) is 29.6 Å². The van der Waals surface area contributed by atoms with Gasteiger partial charge in [-0.05, 0) is 32.3 Å². The molecule has 12 atom stereocenters. The number of methoxy groups -OCH3 is 1. The average Bonchev–Trinajstić information content (AvgIpc) is 3.58. The van der Waals surface area contributed by atoms with Crippen molar-refractivity contribution in [3.63, 3.8) is 0 Å². The second-order valence-electron chi connectivity index (χ2n) is 12.5. The number of hydrogen-bond acceptors (Lipinski definition) is 10. The Morgan fingerprint density at radius 3 is 2.66 bits per heavy atom. The quantitative estimate of drug-likeness (QED) is 0.218. The fourth-order valence-corrected chi connectivity index (χ4v) is 7.76. The molecule has 0 unspecified atom stereocenters. The van der Waals surface area contributed by atoms with E-state index in [-0.39, 0.29) is 24.2 Å². The number of nitrogens with two attached hydrogens (primary N) is 1. The van der Waals surface area contributed by atoms with Crippen LogP contribution in [-0.2, 0) is 38.1 Å². The van der Waals surface area contributed by atoms with E-state index < -0.39 is 84.5 Å². The van der Waals surface area contributed by atoms with Crippen LogP contribution in [0.5, 0.6) is 0 Å². The number of allylic oxidation sites excluding steroid dienone is 3. The summed E-state index contributed by atoms with van der Waals surface area (Å²) in [5.74, 6) is -3.62. The van der Waals surface area contributed by atoms with Gasteiger partial charge in [-0.1, -0.05) is 50.3 Å². The van der Waals surface area contributed by atoms with Gasteiger partial charge in [-0.15, -0.1) is 0 Å². The summed E-state index contributed by atoms with van der Waals surface area (Å²) in [5.41, 5.74) is 5.41. The number of urea groups is 1. The van der Waals surface area contributed by atoms with Crippen LogP contribution in [-0.4, -0.2) is 84.9 Å². The van der Waals surface area contributed by atoms with Crippen molar-refractivity contribution in [1.82, 2.24) is 5.32 Å². The summed E-state index contributed by atoms with van der Waals surface area (Å²) in [6, 6.07) is -0.869. The molecule has 1 saturated carbocycles. The molecule has 1 saturated heterocycles. The molecule has 5 aliphatic rings. The topological polar surface area (TPSA) is 173 Å². The van der Waals surface area contributed by atoms with Crippen LogP contribution in [0.15, 0.2) is 47.6 Å². The van der Waals surface area contributed by atoms with Crippen LogP contribution < -0.4 is 11.1 Å². The molecule has 2 aliphatic heterocycles. The van der Waals surface area contributed by atoms with E-state index in [0.29, 0.717) is 12.0 Å². The molecule has 2 fully saturated rings. The number of amides is 2. The Balaban J connectivity index is 1.49. The first kappa shape index (κ1) is 31.9. The second kappa shape index (κ2) is 12.5. The molecule has 1 spiro atoms. The number of esters is 3. The van der Waals surface area contributed by atoms with Crippen molar-refractivity contribution < 1.29 is 48.0 Å². The molecule has 2 heterocycles. The van der Waals surface area contributed by atoms with Gasteiger partial charge in [0.15, 0.2) is 6.10 Å². The molecular weight excluding hydrogens is 572 g/mol. The monoisotopic (exact) mass is 614 g/mol. The molecule has 0 aromatic heterocycles. The number of cyclic esters (lactones) is 1. The summed E-state index contributed by atoms with van der Waals surface area (Å²) in [5, 5.41) is 14.0. The van der Waals surface area contributed by atoms with Crippen LogP contribution in [0.1, 0.15) is 40.5 Å². The molecule has 44 heavy (non-hydrogen) atoms. The minimum absolute atomic E-state index is 0.203. The highest BCUT2D eigenvalue weighted by Crippen LogP contribution is 2.61. The fourth-order valence-electron chi connectivity index (χ4n) is 7.76. The van der Waals surface area contributed by atoms with E-state index in [2.05, 4.69) is 5.32 Å². The summed E-state index contributed by atoms with van der Waals surface area (Å²) >= 11 is 0. The van der Waals surface area contributed by atoms with Crippen LogP contribution >= 0.6 is 0 Å². The van der Waals surface area contributed by atoms with Gasteiger partial charge in [0.2, 0.25) is 0 Å². The average molecular weight is 615 g/mol. The highest BCUT2D eigenvalue weighted by atomic mass is 16.6. The summed E-state index contributed by atoms with van der Waals surface area (Å²) in [6.07, 6.45) is 7.27. The molecule has 0 aromatic rings. The maximum atomic E-state index is 13.5. The molecule has 4 bridgehead atoms. The number of aliphatic hydroxyl groups is 1. The largest absolute Gasteiger partial charge is 0.457 e. The summed E-state index contributed by atoms with van der Waals surface area (Å²) in [7, 11) is 1.42. The van der Waals surface area contributed by atoms with E-state index >= 15 is 0 Å². The maximum Gasteiger partial charge on any atom is 0.335 e. The third-order valence-corrected chi connectivity index (χ3v) is 9.86. The van der Waals surface area contributed by atoms with E-state index in [1.54, 1.807) is 13.0 Å². The number of hydrogen-bond donors (Lipinski definition) is 3. The van der Waals surface area contributed by atoms with Gasteiger partial charge in [-0.3, -0.25) is 4.79 Å². The minimum atomic E-state index is -1.02. The van der Waals surface area contributed by atoms with Crippen molar-refractivity contribution in [3.05, 3.63) is 47.6 Å². The van der Waals surface area contributed by atoms with Crippen molar-refractivity contribution in [2.45, 2.75) is 82.8 Å². The Kier molecular flexibility index (Phi) is 9.06. The second-order valence-corrected chi connectivity index (χ2v) is 12.5. The SMILES string of the molecule is CO[C@H]1C[C@H]2C=C[C@H]3[C@H]4O[C@]2(/C(C)=C/[C@@H](C)[C@@H]([C@@H](C)OC(=O)CNC(N)=O)OC1=O)[C@@H]3[C@H](O)[C@@H](C)[C@H]4OC(=O)C1=CC=CC1. The summed E-state index contributed by atoms with van der Waals surface area (Å²) in [4.78, 5) is 49.9. The normalized spacial score (nSPS) is 40.9. The smallest absolute Gasteiger partial charge is 0.335 e. The van der Waals surface area contributed by atoms with Crippen molar-refractivity contribution in [1.29, 1.82) is 0 Å². The van der Waals surface area contributed by atoms with E-state index in [9.17, 15) is 24.3 Å². The number of rotatable bonds is 7. The highest BCUT2D eigenvalue weighted by Gasteiger charge is 2.69. The molecule has 0 aromatic carbocycles. The first-order chi connectivity index (χ1) is 20.9. The third-order valence-electron chi connectivity index (χ3n) is 9.86. The standard InChI is InChI=1S/C32H42N2O10/c1-15-12-16(2)32-20(13-22(40-5)30(38)42-26(15)18(4)41-23(35)14-34-31(33)39)10-11-21-24(32)25(36)17(3)27(28(21)44-32)43-29(37)19-8-6-7-9-19/h6-8,10-12,15,17-18,20-22,24-28,36H,9,13-14H2,1-5H3,(H3,33,34,39)/b16-12+/t15-,17-,18-,20-,21-,22+,24+,25-,26+,27-,28-,32+/m1/s1. The zero-order chi connectivity index (χ0) is 31.9. The zero-order valence-electron chi connectivity index (χ0n) is 25.6. The molecule has 4 N–H and O–H groups in total. The van der Waals surface area contributed by atoms with Gasteiger partial charge in [-0.25, -0.2) is 14.4 Å². The molecule has 3 aliphatic carbocycles. The lowest BCUT2D eigenvalue weighted by Crippen LogP contribution is -2.57. The van der Waals surface area contributed by atoms with Crippen LogP contribution in [0.25, 0.3) is 0 Å². The van der Waals surface area contributed by atoms with Gasteiger partial charge in [0.25, 0.3) is 0 Å². The lowest BCUT2D eigenvalue weighted by atomic mass is 9.57. The van der Waals surface area contributed by atoms with Crippen molar-refractivity contribution in [2.24, 2.45) is 35.3 Å². The summed E-state index contributed by atoms with van der Waals surface area (Å²) < 4.78 is 30.1. The number of nitrogens with one attached hydrogen (secondary N) is 1. The fraction of sp³-hybridized carbons (Fsp3) is 0.625. The lowest BCUT2D eigenvalue weighted by molar-refractivity contribution is -0.179. The Hall–Kier alpha value is -3.48. The van der Waals surface area contributed by atoms with Gasteiger partial charge in [0, 0.05) is 42.3 Å². The van der Waals surface area contributed by atoms with Crippen molar-refractivity contribution in [3.8, 4) is 0 Å². The number of primary amides is 1. The van der Waals surface area contributed by atoms with Crippen LogP contribution in [0.4, 0.5) is 4.79 Å². The number of carbonyl (C=O) groups is 4. The molecule has 5 rings (SSSR count). The van der Waals surface area contributed by atoms with E-state index in [0.717, 1.165) is 5.57 Å². The van der Waals surface area contributed by atoms with Gasteiger partial charge in [0.1, 0.15) is 36.6 Å². The van der Waals surface area contributed by atoms with Gasteiger partial charge >= 0.3 is 23.9 Å². The van der Waals surface area contributed by atoms with Gasteiger partial charge in [0.05, 0.1) is 6.10 Å². The van der Waals surface area contributed by atoms with E-state index in [1.807, 2.05) is 51.2 Å². The molecule has 2 amide bonds. The van der Waals surface area contributed by atoms with E-state index in [1.165, 1.54) is 7.11 Å². The Bertz CT molecular complexity index is 1310. The summed E-state index contributed by atoms with van der Waals surface area (Å²) in [6.45, 7) is 6.82. The van der Waals surface area contributed by atoms with Crippen LogP contribution in [0.2, 0.25) is 0 Å². The number of carbonyl (C=O) groups excluding carboxylic acids is 4. The molecule has 0 radical (unpaired) electrons. The lowest BCUT2D eigenvalue weighted by Gasteiger charge is -2.49. The Labute approximate surface area is 256 Å². The van der Waals surface area contributed by atoms with Crippen molar-refractivity contribution >= 4 is 23.9 Å². The van der Waals surface area contributed by atoms with Gasteiger partial charge < -0.3 is 39.8 Å². The van der Waals surface area contributed by atoms with Crippen LogP contribution in [0.3, 0.4) is 0 Å². The maximum absolute atomic E-state index is 13.5. The molecule has 12 nitrogen and oxygen atoms in total. The molecule has 12 heteroatoms. The first-order valence-corrected chi connectivity index (χ1v) is 15.1. The third kappa shape index (κ3) is 5.59. The Morgan fingerprint density at radius 1 is 1.25 bits per heavy atom. The minimum Gasteiger partial charge on any atom is -0.457 e. The highest BCUT2D eigenvalue weighted by molar-refractivity contribution is 5.90. The van der Waals surface area contributed by atoms with E-state index in [4.69, 9.17) is 29.4 Å². The van der Waals surface area contributed by atoms with Gasteiger partial charge in [-0.2, -0.15) is 0 Å². The number of ether oxygens (including phenoxy) is 5.